The van der Waals surface area contributed by atoms with Crippen LogP contribution in [0.15, 0.2) is 64.8 Å². The number of nitrogens with zero attached hydrogens (tertiary/aromatic N) is 2. The molecular formula is C17H19N3O5P+. The highest BCUT2D eigenvalue weighted by Gasteiger charge is 2.28. The molecule has 0 aromatic heterocycles. The van der Waals surface area contributed by atoms with E-state index in [1.807, 2.05) is 30.3 Å². The van der Waals surface area contributed by atoms with Crippen molar-refractivity contribution in [2.45, 2.75) is 19.1 Å². The molecule has 1 amide bonds. The van der Waals surface area contributed by atoms with Crippen molar-refractivity contribution in [3.05, 3.63) is 60.2 Å². The van der Waals surface area contributed by atoms with Gasteiger partial charge in [0.1, 0.15) is 6.10 Å². The van der Waals surface area contributed by atoms with Crippen molar-refractivity contribution in [2.75, 3.05) is 6.61 Å². The lowest BCUT2D eigenvalue weighted by atomic mass is 10.1. The topological polar surface area (TPSA) is 121 Å². The predicted octanol–water partition coefficient (Wildman–Crippen LogP) is 3.25. The van der Waals surface area contributed by atoms with E-state index in [9.17, 15) is 14.5 Å². The average molecular weight is 376 g/mol. The van der Waals surface area contributed by atoms with Crippen molar-refractivity contribution in [1.82, 2.24) is 5.32 Å². The minimum absolute atomic E-state index is 0.350. The van der Waals surface area contributed by atoms with Gasteiger partial charge < -0.3 is 10.4 Å². The molecule has 136 valence electrons. The summed E-state index contributed by atoms with van der Waals surface area (Å²) in [6.45, 7) is 1.05. The van der Waals surface area contributed by atoms with E-state index in [1.165, 1.54) is 6.92 Å². The molecule has 2 aromatic rings. The summed E-state index contributed by atoms with van der Waals surface area (Å²) in [5.74, 6) is -0.445. The van der Waals surface area contributed by atoms with Gasteiger partial charge in [0.05, 0.1) is 24.0 Å². The maximum atomic E-state index is 12.2. The van der Waals surface area contributed by atoms with Gasteiger partial charge in [-0.25, -0.2) is 0 Å². The third kappa shape index (κ3) is 6.09. The number of nitrogens with one attached hydrogen (secondary N) is 1. The van der Waals surface area contributed by atoms with E-state index in [0.29, 0.717) is 11.3 Å². The van der Waals surface area contributed by atoms with E-state index in [-0.39, 0.29) is 0 Å². The molecule has 0 aliphatic carbocycles. The number of hydrogen-bond acceptors (Lipinski definition) is 6. The molecule has 2 rings (SSSR count). The Labute approximate surface area is 151 Å². The van der Waals surface area contributed by atoms with Gasteiger partial charge in [0, 0.05) is 10.1 Å². The number of amides is 1. The molecule has 0 radical (unpaired) electrons. The fraction of sp³-hybridized carbons (Fsp3) is 0.235. The fourth-order valence-electron chi connectivity index (χ4n) is 2.07. The summed E-state index contributed by atoms with van der Waals surface area (Å²) in [7, 11) is -2.82. The molecule has 0 aliphatic heterocycles. The molecule has 0 bridgehead atoms. The first-order valence-corrected chi connectivity index (χ1v) is 8.94. The van der Waals surface area contributed by atoms with Crippen LogP contribution in [-0.4, -0.2) is 34.7 Å². The first-order valence-electron chi connectivity index (χ1n) is 7.81. The van der Waals surface area contributed by atoms with Gasteiger partial charge in [0.15, 0.2) is 0 Å². The predicted molar refractivity (Wildman–Crippen MR) is 95.8 cm³/mol. The van der Waals surface area contributed by atoms with Crippen molar-refractivity contribution < 1.29 is 23.9 Å². The Kier molecular flexibility index (Phi) is 7.50. The Morgan fingerprint density at radius 3 is 2.23 bits per heavy atom. The van der Waals surface area contributed by atoms with Gasteiger partial charge in [-0.2, -0.15) is 10.2 Å². The number of azo groups is 1. The van der Waals surface area contributed by atoms with E-state index < -0.39 is 32.9 Å². The van der Waals surface area contributed by atoms with Crippen LogP contribution in [0.25, 0.3) is 0 Å². The summed E-state index contributed by atoms with van der Waals surface area (Å²) >= 11 is 0. The van der Waals surface area contributed by atoms with Gasteiger partial charge in [-0.1, -0.05) is 18.2 Å². The first-order chi connectivity index (χ1) is 12.5. The number of rotatable bonds is 8. The zero-order valence-corrected chi connectivity index (χ0v) is 14.9. The normalized spacial score (nSPS) is 14.0. The number of aliphatic hydroxyl groups is 1. The Bertz CT molecular complexity index is 768. The second kappa shape index (κ2) is 9.84. The van der Waals surface area contributed by atoms with Crippen LogP contribution < -0.4 is 5.32 Å². The highest BCUT2D eigenvalue weighted by Crippen LogP contribution is 2.20. The highest BCUT2D eigenvalue weighted by atomic mass is 31.1. The molecule has 0 heterocycles. The van der Waals surface area contributed by atoms with Gasteiger partial charge in [0.25, 0.3) is 5.91 Å². The third-order valence-corrected chi connectivity index (χ3v) is 4.02. The lowest BCUT2D eigenvalue weighted by molar-refractivity contribution is 0.0800. The molecule has 2 aromatic carbocycles. The summed E-state index contributed by atoms with van der Waals surface area (Å²) in [5, 5.41) is 20.1. The molecule has 26 heavy (non-hydrogen) atoms. The minimum atomic E-state index is -2.82. The Balaban J connectivity index is 1.99. The van der Waals surface area contributed by atoms with Crippen LogP contribution in [-0.2, 0) is 9.09 Å². The maximum Gasteiger partial charge on any atom is 0.695 e. The largest absolute Gasteiger partial charge is 0.695 e. The third-order valence-electron chi connectivity index (χ3n) is 3.50. The van der Waals surface area contributed by atoms with Crippen molar-refractivity contribution in [1.29, 1.82) is 0 Å². The SMILES string of the molecule is C[C@H](O[P+](=O)O)[C@H](CO)NC(=O)c1ccc(N=Nc2ccccc2)cc1. The summed E-state index contributed by atoms with van der Waals surface area (Å²) in [4.78, 5) is 21.0. The molecule has 9 heteroatoms. The van der Waals surface area contributed by atoms with Gasteiger partial charge in [0.2, 0.25) is 0 Å². The van der Waals surface area contributed by atoms with Gasteiger partial charge in [-0.05, 0) is 43.3 Å². The smallest absolute Gasteiger partial charge is 0.394 e. The van der Waals surface area contributed by atoms with Crippen LogP contribution in [0.4, 0.5) is 11.4 Å². The molecule has 3 N–H and O–H groups in total. The maximum absolute atomic E-state index is 12.2. The van der Waals surface area contributed by atoms with Crippen LogP contribution in [0.2, 0.25) is 0 Å². The van der Waals surface area contributed by atoms with Crippen molar-refractivity contribution in [3.63, 3.8) is 0 Å². The van der Waals surface area contributed by atoms with Crippen LogP contribution in [0, 0.1) is 0 Å². The first kappa shape index (κ1) is 19.8. The molecule has 0 spiro atoms. The van der Waals surface area contributed by atoms with E-state index >= 15 is 0 Å². The van der Waals surface area contributed by atoms with Crippen molar-refractivity contribution in [3.8, 4) is 0 Å². The zero-order chi connectivity index (χ0) is 18.9. The second-order valence-electron chi connectivity index (χ2n) is 5.39. The van der Waals surface area contributed by atoms with E-state index in [1.54, 1.807) is 24.3 Å². The molecular weight excluding hydrogens is 357 g/mol. The van der Waals surface area contributed by atoms with Gasteiger partial charge in [-0.3, -0.25) is 4.79 Å². The molecule has 1 unspecified atom stereocenters. The Morgan fingerprint density at radius 2 is 1.69 bits per heavy atom. The van der Waals surface area contributed by atoms with Gasteiger partial charge >= 0.3 is 8.25 Å². The van der Waals surface area contributed by atoms with Crippen molar-refractivity contribution in [2.24, 2.45) is 10.2 Å². The van der Waals surface area contributed by atoms with Crippen LogP contribution in [0.1, 0.15) is 17.3 Å². The number of carbonyl (C=O) groups is 1. The van der Waals surface area contributed by atoms with Crippen LogP contribution >= 0.6 is 8.25 Å². The van der Waals surface area contributed by atoms with E-state index in [2.05, 4.69) is 15.5 Å². The molecule has 0 aliphatic rings. The lowest BCUT2D eigenvalue weighted by Gasteiger charge is -2.18. The van der Waals surface area contributed by atoms with Crippen LogP contribution in [0.3, 0.4) is 0 Å². The standard InChI is InChI=1S/C17H18N3O5P/c1-12(25-26(23)24)16(11-21)18-17(22)13-7-9-15(10-8-13)20-19-14-5-3-2-4-6-14/h2-10,12,16,21H,11H2,1H3,(H-,18,22,23,24)/p+1/t12-,16-/m0/s1. The zero-order valence-electron chi connectivity index (χ0n) is 14.0. The molecule has 3 atom stereocenters. The summed E-state index contributed by atoms with van der Waals surface area (Å²) < 4.78 is 15.4. The number of hydrogen-bond donors (Lipinski definition) is 3. The van der Waals surface area contributed by atoms with Gasteiger partial charge in [-0.15, -0.1) is 9.42 Å². The number of carbonyl (C=O) groups excluding carboxylic acids is 1. The second-order valence-corrected chi connectivity index (χ2v) is 6.08. The quantitative estimate of drug-likeness (QED) is 0.482. The summed E-state index contributed by atoms with van der Waals surface area (Å²) in [5.41, 5.74) is 1.65. The molecule has 0 saturated heterocycles. The fourth-order valence-corrected chi connectivity index (χ4v) is 2.50. The molecule has 0 fully saturated rings. The number of benzene rings is 2. The van der Waals surface area contributed by atoms with Crippen molar-refractivity contribution >= 4 is 25.5 Å². The summed E-state index contributed by atoms with van der Waals surface area (Å²) in [6.07, 6.45) is -0.823. The van der Waals surface area contributed by atoms with Crippen LogP contribution in [0.5, 0.6) is 0 Å². The monoisotopic (exact) mass is 376 g/mol. The summed E-state index contributed by atoms with van der Waals surface area (Å²) in [6, 6.07) is 14.9. The van der Waals surface area contributed by atoms with E-state index in [4.69, 9.17) is 9.42 Å². The average Bonchev–Trinajstić information content (AvgIpc) is 2.64. The molecule has 0 saturated carbocycles. The highest BCUT2D eigenvalue weighted by molar-refractivity contribution is 7.32. The Hall–Kier alpha value is -2.51. The minimum Gasteiger partial charge on any atom is -0.394 e. The number of aliphatic hydroxyl groups excluding tert-OH is 1. The Morgan fingerprint density at radius 1 is 1.12 bits per heavy atom. The lowest BCUT2D eigenvalue weighted by Crippen LogP contribution is -2.45. The van der Waals surface area contributed by atoms with E-state index in [0.717, 1.165) is 5.69 Å². The molecule has 8 nitrogen and oxygen atoms in total.